The van der Waals surface area contributed by atoms with E-state index >= 15 is 0 Å². The van der Waals surface area contributed by atoms with E-state index in [1.54, 1.807) is 6.08 Å². The van der Waals surface area contributed by atoms with Gasteiger partial charge in [0.25, 0.3) is 0 Å². The third-order valence-corrected chi connectivity index (χ3v) is 1.26. The van der Waals surface area contributed by atoms with Crippen molar-refractivity contribution >= 4 is 23.2 Å². The number of nitrogens with two attached hydrogens (primary N) is 1. The Kier molecular flexibility index (Phi) is 4.36. The van der Waals surface area contributed by atoms with Gasteiger partial charge in [-0.3, -0.25) is 0 Å². The lowest BCUT2D eigenvalue weighted by atomic mass is 10.5. The first-order chi connectivity index (χ1) is 3.31. The number of allylic oxidation sites excluding steroid dienone is 1. The largest absolute Gasteiger partial charge is 0.405 e. The van der Waals surface area contributed by atoms with Crippen molar-refractivity contribution in [1.82, 2.24) is 0 Å². The van der Waals surface area contributed by atoms with Crippen LogP contribution in [0.25, 0.3) is 0 Å². The monoisotopic (exact) mass is 139 g/mol. The highest BCUT2D eigenvalue weighted by Crippen LogP contribution is 1.97. The van der Waals surface area contributed by atoms with E-state index in [1.165, 1.54) is 6.20 Å². The van der Waals surface area contributed by atoms with Crippen molar-refractivity contribution < 1.29 is 0 Å². The molecule has 0 rings (SSSR count). The van der Waals surface area contributed by atoms with E-state index in [4.69, 9.17) is 28.9 Å². The van der Waals surface area contributed by atoms with E-state index in [-0.39, 0.29) is 5.38 Å². The van der Waals surface area contributed by atoms with Crippen LogP contribution in [0.1, 0.15) is 0 Å². The van der Waals surface area contributed by atoms with Gasteiger partial charge in [0.05, 0.1) is 5.38 Å². The Hall–Kier alpha value is 0.120. The number of alkyl halides is 2. The van der Waals surface area contributed by atoms with Crippen LogP contribution in [-0.2, 0) is 0 Å². The summed E-state index contributed by atoms with van der Waals surface area (Å²) in [5.74, 6) is 0.412. The average Bonchev–Trinajstić information content (AvgIpc) is 1.68. The smallest absolute Gasteiger partial charge is 0.0668 e. The van der Waals surface area contributed by atoms with E-state index in [0.717, 1.165) is 0 Å². The van der Waals surface area contributed by atoms with Crippen LogP contribution in [0, 0.1) is 0 Å². The second kappa shape index (κ2) is 4.28. The Morgan fingerprint density at radius 3 is 2.43 bits per heavy atom. The second-order valence-electron chi connectivity index (χ2n) is 1.06. The van der Waals surface area contributed by atoms with Gasteiger partial charge in [-0.15, -0.1) is 23.2 Å². The fraction of sp³-hybridized carbons (Fsp3) is 0.500. The zero-order chi connectivity index (χ0) is 5.70. The third kappa shape index (κ3) is 3.96. The first-order valence-electron chi connectivity index (χ1n) is 1.89. The number of hydrogen-bond donors (Lipinski definition) is 1. The van der Waals surface area contributed by atoms with E-state index in [1.807, 2.05) is 0 Å². The van der Waals surface area contributed by atoms with E-state index in [2.05, 4.69) is 0 Å². The van der Waals surface area contributed by atoms with Gasteiger partial charge in [-0.1, -0.05) is 6.08 Å². The molecule has 0 saturated carbocycles. The molecular formula is C4H7Cl2N. The average molecular weight is 140 g/mol. The Balaban J connectivity index is 3.16. The highest BCUT2D eigenvalue weighted by Gasteiger charge is 1.91. The summed E-state index contributed by atoms with van der Waals surface area (Å²) in [5, 5.41) is -0.119. The van der Waals surface area contributed by atoms with Gasteiger partial charge in [0.2, 0.25) is 0 Å². The molecule has 0 bridgehead atoms. The zero-order valence-electron chi connectivity index (χ0n) is 3.77. The van der Waals surface area contributed by atoms with Crippen LogP contribution < -0.4 is 5.73 Å². The number of halogens is 2. The summed E-state index contributed by atoms with van der Waals surface area (Å²) >= 11 is 10.8. The van der Waals surface area contributed by atoms with Gasteiger partial charge in [-0.25, -0.2) is 0 Å². The summed E-state index contributed by atoms with van der Waals surface area (Å²) in [6.07, 6.45) is 3.02. The number of hydrogen-bond acceptors (Lipinski definition) is 1. The van der Waals surface area contributed by atoms with Gasteiger partial charge in [-0.05, 0) is 6.20 Å². The van der Waals surface area contributed by atoms with Gasteiger partial charge in [0, 0.05) is 5.88 Å². The molecule has 1 nitrogen and oxygen atoms in total. The molecule has 0 aromatic rings. The van der Waals surface area contributed by atoms with E-state index in [9.17, 15) is 0 Å². The van der Waals surface area contributed by atoms with Crippen molar-refractivity contribution in [3.63, 3.8) is 0 Å². The number of rotatable bonds is 2. The summed E-state index contributed by atoms with van der Waals surface area (Å²) in [6, 6.07) is 0. The van der Waals surface area contributed by atoms with Crippen LogP contribution in [0.2, 0.25) is 0 Å². The van der Waals surface area contributed by atoms with Crippen LogP contribution in [0.3, 0.4) is 0 Å². The van der Waals surface area contributed by atoms with Gasteiger partial charge in [-0.2, -0.15) is 0 Å². The molecule has 0 spiro atoms. The molecular weight excluding hydrogens is 133 g/mol. The molecule has 1 unspecified atom stereocenters. The zero-order valence-corrected chi connectivity index (χ0v) is 5.28. The molecule has 0 aliphatic heterocycles. The van der Waals surface area contributed by atoms with Crippen LogP contribution in [-0.4, -0.2) is 11.3 Å². The second-order valence-corrected chi connectivity index (χ2v) is 1.92. The molecule has 42 valence electrons. The summed E-state index contributed by atoms with van der Waals surface area (Å²) in [7, 11) is 0. The van der Waals surface area contributed by atoms with Gasteiger partial charge in [0.1, 0.15) is 0 Å². The van der Waals surface area contributed by atoms with Crippen molar-refractivity contribution in [1.29, 1.82) is 0 Å². The first-order valence-corrected chi connectivity index (χ1v) is 2.86. The summed E-state index contributed by atoms with van der Waals surface area (Å²) < 4.78 is 0. The normalized spacial score (nSPS) is 15.1. The molecule has 2 N–H and O–H groups in total. The third-order valence-electron chi connectivity index (χ3n) is 0.467. The molecule has 0 saturated heterocycles. The SMILES string of the molecule is NC=CC(Cl)CCl. The van der Waals surface area contributed by atoms with Crippen molar-refractivity contribution in [2.45, 2.75) is 5.38 Å². The van der Waals surface area contributed by atoms with E-state index < -0.39 is 0 Å². The van der Waals surface area contributed by atoms with Crippen LogP contribution in [0.4, 0.5) is 0 Å². The molecule has 0 heterocycles. The molecule has 7 heavy (non-hydrogen) atoms. The summed E-state index contributed by atoms with van der Waals surface area (Å²) in [5.41, 5.74) is 4.98. The molecule has 0 aliphatic rings. The molecule has 0 aromatic carbocycles. The predicted molar refractivity (Wildman–Crippen MR) is 33.7 cm³/mol. The maximum atomic E-state index is 5.47. The quantitative estimate of drug-likeness (QED) is 0.575. The Labute approximate surface area is 53.1 Å². The molecule has 0 aliphatic carbocycles. The Morgan fingerprint density at radius 1 is 1.71 bits per heavy atom. The summed E-state index contributed by atoms with van der Waals surface area (Å²) in [4.78, 5) is 0. The molecule has 1 atom stereocenters. The maximum absolute atomic E-state index is 5.47. The topological polar surface area (TPSA) is 26.0 Å². The first kappa shape index (κ1) is 7.12. The summed E-state index contributed by atoms with van der Waals surface area (Å²) in [6.45, 7) is 0. The minimum atomic E-state index is -0.119. The standard InChI is InChI=1S/C4H7Cl2N/c5-3-4(6)1-2-7/h1-2,4H,3,7H2. The van der Waals surface area contributed by atoms with E-state index in [0.29, 0.717) is 5.88 Å². The van der Waals surface area contributed by atoms with Crippen LogP contribution in [0.15, 0.2) is 12.3 Å². The molecule has 0 fully saturated rings. The van der Waals surface area contributed by atoms with Gasteiger partial charge >= 0.3 is 0 Å². The fourth-order valence-corrected chi connectivity index (χ4v) is 0.359. The van der Waals surface area contributed by atoms with Gasteiger partial charge < -0.3 is 5.73 Å². The lowest BCUT2D eigenvalue weighted by Crippen LogP contribution is -1.94. The highest BCUT2D eigenvalue weighted by molar-refractivity contribution is 6.28. The predicted octanol–water partition coefficient (Wildman–Crippen LogP) is 1.31. The molecule has 3 heteroatoms. The van der Waals surface area contributed by atoms with Crippen molar-refractivity contribution in [2.75, 3.05) is 5.88 Å². The van der Waals surface area contributed by atoms with Gasteiger partial charge in [0.15, 0.2) is 0 Å². The minimum absolute atomic E-state index is 0.119. The van der Waals surface area contributed by atoms with Crippen LogP contribution in [0.5, 0.6) is 0 Å². The van der Waals surface area contributed by atoms with Crippen molar-refractivity contribution in [3.05, 3.63) is 12.3 Å². The molecule has 0 radical (unpaired) electrons. The Bertz CT molecular complexity index is 62.7. The molecule has 0 aromatic heterocycles. The lowest BCUT2D eigenvalue weighted by molar-refractivity contribution is 1.23. The Morgan fingerprint density at radius 2 is 2.29 bits per heavy atom. The molecule has 0 amide bonds. The van der Waals surface area contributed by atoms with Crippen molar-refractivity contribution in [3.8, 4) is 0 Å². The highest BCUT2D eigenvalue weighted by atomic mass is 35.5. The van der Waals surface area contributed by atoms with Crippen LogP contribution >= 0.6 is 23.2 Å². The van der Waals surface area contributed by atoms with Crippen molar-refractivity contribution in [2.24, 2.45) is 5.73 Å². The maximum Gasteiger partial charge on any atom is 0.0668 e. The fourth-order valence-electron chi connectivity index (χ4n) is 0.172. The minimum Gasteiger partial charge on any atom is -0.405 e. The lowest BCUT2D eigenvalue weighted by Gasteiger charge is -1.90.